The molecule has 0 radical (unpaired) electrons. The minimum absolute atomic E-state index is 0.146. The summed E-state index contributed by atoms with van der Waals surface area (Å²) in [6, 6.07) is 0. The molecule has 1 spiro atoms. The molecule has 1 N–H and O–H groups in total. The largest absolute Gasteiger partial charge is 0.348 e. The molecule has 1 saturated heterocycles. The summed E-state index contributed by atoms with van der Waals surface area (Å²) < 4.78 is 2.02. The number of fused-ring (bicyclic) bond motifs is 2. The topological polar surface area (TPSA) is 53.0 Å². The summed E-state index contributed by atoms with van der Waals surface area (Å²) in [5, 5.41) is 4.42. The Bertz CT molecular complexity index is 709. The van der Waals surface area contributed by atoms with Gasteiger partial charge in [-0.3, -0.25) is 14.5 Å². The number of aromatic nitrogens is 4. The summed E-state index contributed by atoms with van der Waals surface area (Å²) in [6.45, 7) is 11.0. The maximum Gasteiger partial charge on any atom is 0.0926 e. The number of H-pyrrole nitrogens is 1. The van der Waals surface area contributed by atoms with E-state index in [0.29, 0.717) is 0 Å². The molecule has 2 aromatic rings. The van der Waals surface area contributed by atoms with Crippen molar-refractivity contribution in [3.63, 3.8) is 0 Å². The summed E-state index contributed by atoms with van der Waals surface area (Å²) >= 11 is 0. The van der Waals surface area contributed by atoms with E-state index in [1.165, 1.54) is 55.7 Å². The van der Waals surface area contributed by atoms with Crippen LogP contribution in [0.3, 0.4) is 0 Å². The number of imidazole rings is 1. The van der Waals surface area contributed by atoms with Gasteiger partial charge >= 0.3 is 0 Å². The van der Waals surface area contributed by atoms with Crippen LogP contribution in [0, 0.1) is 0 Å². The predicted molar refractivity (Wildman–Crippen MR) is 103 cm³/mol. The molecule has 0 atom stereocenters. The van der Waals surface area contributed by atoms with E-state index in [1.54, 1.807) is 0 Å². The molecule has 0 aromatic carbocycles. The summed E-state index contributed by atoms with van der Waals surface area (Å²) in [4.78, 5) is 13.5. The third kappa shape index (κ3) is 3.21. The molecule has 6 nitrogen and oxygen atoms in total. The lowest BCUT2D eigenvalue weighted by atomic mass is 9.78. The first-order valence-corrected chi connectivity index (χ1v) is 10.3. The monoisotopic (exact) mass is 356 g/mol. The number of nitrogens with one attached hydrogen (secondary N) is 1. The molecule has 6 heteroatoms. The van der Waals surface area contributed by atoms with E-state index in [0.717, 1.165) is 32.6 Å². The average molecular weight is 357 g/mol. The molecule has 4 rings (SSSR count). The highest BCUT2D eigenvalue weighted by molar-refractivity contribution is 5.27. The Kier molecular flexibility index (Phi) is 5.14. The molecule has 2 aromatic heterocycles. The van der Waals surface area contributed by atoms with Gasteiger partial charge in [-0.05, 0) is 32.7 Å². The van der Waals surface area contributed by atoms with Crippen molar-refractivity contribution in [2.45, 2.75) is 64.6 Å². The van der Waals surface area contributed by atoms with E-state index in [4.69, 9.17) is 4.98 Å². The number of nitrogens with zero attached hydrogens (tertiary/aromatic N) is 5. The minimum atomic E-state index is 0.146. The van der Waals surface area contributed by atoms with E-state index in [-0.39, 0.29) is 5.54 Å². The molecule has 2 aliphatic heterocycles. The first-order valence-electron chi connectivity index (χ1n) is 10.3. The van der Waals surface area contributed by atoms with Gasteiger partial charge < -0.3 is 4.98 Å². The van der Waals surface area contributed by atoms with Gasteiger partial charge in [0.25, 0.3) is 0 Å². The van der Waals surface area contributed by atoms with Gasteiger partial charge in [0.1, 0.15) is 0 Å². The number of piperidine rings is 1. The highest BCUT2D eigenvalue weighted by Crippen LogP contribution is 2.42. The van der Waals surface area contributed by atoms with E-state index in [2.05, 4.69) is 39.9 Å². The van der Waals surface area contributed by atoms with Crippen LogP contribution in [0.25, 0.3) is 0 Å². The van der Waals surface area contributed by atoms with Gasteiger partial charge in [0, 0.05) is 56.6 Å². The van der Waals surface area contributed by atoms with Gasteiger partial charge in [0.2, 0.25) is 0 Å². The quantitative estimate of drug-likeness (QED) is 0.865. The van der Waals surface area contributed by atoms with Crippen molar-refractivity contribution in [2.24, 2.45) is 0 Å². The molecular formula is C20H32N6. The van der Waals surface area contributed by atoms with Crippen LogP contribution in [0.15, 0.2) is 18.7 Å². The SMILES string of the molecule is CCCCN1CCc2[nH]cnc2C12CCN(Cc1cnn(CC)c1)CC2. The van der Waals surface area contributed by atoms with Crippen molar-refractivity contribution in [1.82, 2.24) is 29.5 Å². The number of aryl methyl sites for hydroxylation is 1. The van der Waals surface area contributed by atoms with E-state index in [9.17, 15) is 0 Å². The summed E-state index contributed by atoms with van der Waals surface area (Å²) in [5.74, 6) is 0. The van der Waals surface area contributed by atoms with Crippen molar-refractivity contribution in [3.8, 4) is 0 Å². The third-order valence-corrected chi connectivity index (χ3v) is 6.28. The molecule has 0 bridgehead atoms. The van der Waals surface area contributed by atoms with Crippen LogP contribution in [0.1, 0.15) is 56.5 Å². The van der Waals surface area contributed by atoms with Crippen LogP contribution < -0.4 is 0 Å². The van der Waals surface area contributed by atoms with Crippen LogP contribution in [0.5, 0.6) is 0 Å². The Morgan fingerprint density at radius 3 is 2.77 bits per heavy atom. The average Bonchev–Trinajstić information content (AvgIpc) is 3.32. The summed E-state index contributed by atoms with van der Waals surface area (Å²) in [5.41, 5.74) is 4.18. The van der Waals surface area contributed by atoms with Crippen LogP contribution in [0.2, 0.25) is 0 Å². The van der Waals surface area contributed by atoms with Gasteiger partial charge in [0.05, 0.1) is 23.8 Å². The number of hydrogen-bond acceptors (Lipinski definition) is 4. The Morgan fingerprint density at radius 1 is 1.19 bits per heavy atom. The summed E-state index contributed by atoms with van der Waals surface area (Å²) in [7, 11) is 0. The number of aromatic amines is 1. The van der Waals surface area contributed by atoms with E-state index >= 15 is 0 Å². The molecular weight excluding hydrogens is 324 g/mol. The lowest BCUT2D eigenvalue weighted by Crippen LogP contribution is -2.56. The van der Waals surface area contributed by atoms with Crippen LogP contribution in [-0.4, -0.2) is 55.7 Å². The molecule has 0 aliphatic carbocycles. The molecule has 0 amide bonds. The second-order valence-electron chi connectivity index (χ2n) is 7.83. The van der Waals surface area contributed by atoms with Crippen molar-refractivity contribution < 1.29 is 0 Å². The molecule has 26 heavy (non-hydrogen) atoms. The van der Waals surface area contributed by atoms with Gasteiger partial charge in [-0.25, -0.2) is 4.98 Å². The van der Waals surface area contributed by atoms with Crippen molar-refractivity contribution in [3.05, 3.63) is 35.7 Å². The number of hydrogen-bond donors (Lipinski definition) is 1. The lowest BCUT2D eigenvalue weighted by Gasteiger charge is -2.50. The molecule has 142 valence electrons. The first-order chi connectivity index (χ1) is 12.7. The maximum atomic E-state index is 4.79. The molecule has 4 heterocycles. The Balaban J connectivity index is 1.47. The zero-order valence-corrected chi connectivity index (χ0v) is 16.2. The standard InChI is InChI=1S/C20H32N6/c1-3-5-9-25-10-6-18-19(22-16-21-18)20(25)7-11-24(12-8-20)14-17-13-23-26(4-2)15-17/h13,15-16H,3-12,14H2,1-2H3,(H,21,22). The molecule has 1 fully saturated rings. The van der Waals surface area contributed by atoms with Crippen LogP contribution >= 0.6 is 0 Å². The Labute approximate surface area is 156 Å². The van der Waals surface area contributed by atoms with Crippen LogP contribution in [-0.2, 0) is 25.0 Å². The highest BCUT2D eigenvalue weighted by atomic mass is 15.3. The zero-order chi connectivity index (χ0) is 18.0. The lowest BCUT2D eigenvalue weighted by molar-refractivity contribution is 0.00265. The van der Waals surface area contributed by atoms with Gasteiger partial charge in [-0.15, -0.1) is 0 Å². The Hall–Kier alpha value is -1.66. The third-order valence-electron chi connectivity index (χ3n) is 6.28. The number of unbranched alkanes of at least 4 members (excludes halogenated alkanes) is 1. The molecule has 0 saturated carbocycles. The smallest absolute Gasteiger partial charge is 0.0926 e. The fourth-order valence-corrected chi connectivity index (χ4v) is 4.75. The maximum absolute atomic E-state index is 4.79. The fourth-order valence-electron chi connectivity index (χ4n) is 4.75. The molecule has 0 unspecified atom stereocenters. The second-order valence-corrected chi connectivity index (χ2v) is 7.83. The highest BCUT2D eigenvalue weighted by Gasteiger charge is 2.46. The zero-order valence-electron chi connectivity index (χ0n) is 16.2. The van der Waals surface area contributed by atoms with Crippen molar-refractivity contribution >= 4 is 0 Å². The first kappa shape index (κ1) is 17.7. The minimum Gasteiger partial charge on any atom is -0.348 e. The van der Waals surface area contributed by atoms with E-state index in [1.807, 2.05) is 17.2 Å². The molecule has 2 aliphatic rings. The fraction of sp³-hybridized carbons (Fsp3) is 0.700. The van der Waals surface area contributed by atoms with E-state index < -0.39 is 0 Å². The second kappa shape index (κ2) is 7.53. The van der Waals surface area contributed by atoms with Crippen LogP contribution in [0.4, 0.5) is 0 Å². The van der Waals surface area contributed by atoms with Crippen molar-refractivity contribution in [2.75, 3.05) is 26.2 Å². The Morgan fingerprint density at radius 2 is 2.04 bits per heavy atom. The van der Waals surface area contributed by atoms with Gasteiger partial charge in [-0.1, -0.05) is 13.3 Å². The van der Waals surface area contributed by atoms with Crippen molar-refractivity contribution in [1.29, 1.82) is 0 Å². The van der Waals surface area contributed by atoms with Gasteiger partial charge in [0.15, 0.2) is 0 Å². The number of rotatable bonds is 6. The normalized spacial score (nSPS) is 20.5. The predicted octanol–water partition coefficient (Wildman–Crippen LogP) is 2.78. The summed E-state index contributed by atoms with van der Waals surface area (Å²) in [6.07, 6.45) is 12.1. The van der Waals surface area contributed by atoms with Gasteiger partial charge in [-0.2, -0.15) is 5.10 Å². The number of likely N-dealkylation sites (tertiary alicyclic amines) is 1.